The van der Waals surface area contributed by atoms with E-state index in [0.717, 1.165) is 0 Å². The minimum Gasteiger partial charge on any atom is -0.466 e. The van der Waals surface area contributed by atoms with Crippen LogP contribution in [0.15, 0.2) is 52.1 Å². The van der Waals surface area contributed by atoms with Crippen LogP contribution in [0, 0.1) is 0 Å². The van der Waals surface area contributed by atoms with Gasteiger partial charge in [-0.3, -0.25) is 4.79 Å². The Balaban J connectivity index is 1.66. The SMILES string of the molecule is COC(=O)C1=C(Nc2ccc3oc(-c4ccc(Cl)cc4Cl)nc3c2)C(=O)N(CCO)C1. The number of hydrogen-bond acceptors (Lipinski definition) is 7. The molecule has 0 fully saturated rings. The van der Waals surface area contributed by atoms with Gasteiger partial charge in [0.05, 0.1) is 36.4 Å². The van der Waals surface area contributed by atoms with Gasteiger partial charge in [0.2, 0.25) is 5.89 Å². The van der Waals surface area contributed by atoms with Crippen molar-refractivity contribution in [3.8, 4) is 11.5 Å². The molecular weight excluding hydrogens is 445 g/mol. The largest absolute Gasteiger partial charge is 0.466 e. The molecule has 10 heteroatoms. The average Bonchev–Trinajstić information content (AvgIpc) is 3.29. The molecule has 0 spiro atoms. The number of benzene rings is 2. The molecule has 2 heterocycles. The lowest BCUT2D eigenvalue weighted by atomic mass is 10.2. The zero-order valence-electron chi connectivity index (χ0n) is 16.3. The van der Waals surface area contributed by atoms with E-state index in [4.69, 9.17) is 37.5 Å². The Labute approximate surface area is 187 Å². The monoisotopic (exact) mass is 461 g/mol. The summed E-state index contributed by atoms with van der Waals surface area (Å²) in [5.41, 5.74) is 2.47. The number of amides is 1. The smallest absolute Gasteiger partial charge is 0.337 e. The number of oxazole rings is 1. The molecule has 4 rings (SSSR count). The Kier molecular flexibility index (Phi) is 5.86. The molecule has 0 aliphatic carbocycles. The number of ether oxygens (including phenoxy) is 1. The van der Waals surface area contributed by atoms with Gasteiger partial charge < -0.3 is 24.5 Å². The molecule has 1 aliphatic rings. The molecule has 31 heavy (non-hydrogen) atoms. The van der Waals surface area contributed by atoms with Crippen molar-refractivity contribution in [1.82, 2.24) is 9.88 Å². The Morgan fingerprint density at radius 2 is 2.10 bits per heavy atom. The number of aromatic nitrogens is 1. The summed E-state index contributed by atoms with van der Waals surface area (Å²) in [6.07, 6.45) is 0. The fraction of sp³-hybridized carbons (Fsp3) is 0.190. The minimum atomic E-state index is -0.613. The van der Waals surface area contributed by atoms with Crippen LogP contribution in [-0.2, 0) is 14.3 Å². The molecule has 8 nitrogen and oxygen atoms in total. The first-order valence-corrected chi connectivity index (χ1v) is 10.0. The van der Waals surface area contributed by atoms with Gasteiger partial charge >= 0.3 is 5.97 Å². The van der Waals surface area contributed by atoms with E-state index in [1.807, 2.05) is 0 Å². The highest BCUT2D eigenvalue weighted by Crippen LogP contribution is 2.33. The zero-order valence-corrected chi connectivity index (χ0v) is 17.8. The fourth-order valence-corrected chi connectivity index (χ4v) is 3.77. The van der Waals surface area contributed by atoms with Crippen molar-refractivity contribution in [3.05, 3.63) is 57.7 Å². The lowest BCUT2D eigenvalue weighted by Crippen LogP contribution is -2.31. The maximum atomic E-state index is 12.7. The molecular formula is C21H17Cl2N3O5. The summed E-state index contributed by atoms with van der Waals surface area (Å²) in [6.45, 7) is -0.0493. The number of aliphatic hydroxyl groups is 1. The summed E-state index contributed by atoms with van der Waals surface area (Å²) >= 11 is 12.2. The molecule has 2 N–H and O–H groups in total. The van der Waals surface area contributed by atoms with Crippen LogP contribution in [0.2, 0.25) is 10.0 Å². The van der Waals surface area contributed by atoms with Gasteiger partial charge in [0.15, 0.2) is 5.58 Å². The van der Waals surface area contributed by atoms with Crippen LogP contribution in [0.3, 0.4) is 0 Å². The number of esters is 1. The number of aliphatic hydroxyl groups excluding tert-OH is 1. The quantitative estimate of drug-likeness (QED) is 0.541. The minimum absolute atomic E-state index is 0.0554. The number of anilines is 1. The second-order valence-corrected chi connectivity index (χ2v) is 7.59. The molecule has 0 saturated heterocycles. The average molecular weight is 462 g/mol. The summed E-state index contributed by atoms with van der Waals surface area (Å²) in [7, 11) is 1.25. The highest BCUT2D eigenvalue weighted by atomic mass is 35.5. The predicted octanol–water partition coefficient (Wildman–Crippen LogP) is 3.48. The zero-order chi connectivity index (χ0) is 22.1. The normalized spacial score (nSPS) is 13.9. The number of nitrogens with one attached hydrogen (secondary N) is 1. The Morgan fingerprint density at radius 3 is 2.81 bits per heavy atom. The van der Waals surface area contributed by atoms with Crippen molar-refractivity contribution < 1.29 is 23.8 Å². The molecule has 0 atom stereocenters. The first-order chi connectivity index (χ1) is 14.9. The maximum Gasteiger partial charge on any atom is 0.337 e. The Morgan fingerprint density at radius 1 is 1.29 bits per heavy atom. The van der Waals surface area contributed by atoms with E-state index in [1.54, 1.807) is 36.4 Å². The van der Waals surface area contributed by atoms with Crippen molar-refractivity contribution in [2.75, 3.05) is 32.1 Å². The van der Waals surface area contributed by atoms with E-state index < -0.39 is 11.9 Å². The molecule has 0 radical (unpaired) electrons. The molecule has 0 saturated carbocycles. The van der Waals surface area contributed by atoms with Crippen LogP contribution in [0.1, 0.15) is 0 Å². The number of carbonyl (C=O) groups excluding carboxylic acids is 2. The van der Waals surface area contributed by atoms with E-state index in [9.17, 15) is 9.59 Å². The van der Waals surface area contributed by atoms with E-state index in [2.05, 4.69) is 10.3 Å². The number of carbonyl (C=O) groups is 2. The summed E-state index contributed by atoms with van der Waals surface area (Å²) in [6, 6.07) is 10.1. The first-order valence-electron chi connectivity index (χ1n) is 9.26. The van der Waals surface area contributed by atoms with E-state index >= 15 is 0 Å². The number of nitrogens with zero attached hydrogens (tertiary/aromatic N) is 2. The molecule has 0 bridgehead atoms. The van der Waals surface area contributed by atoms with Gasteiger partial charge in [-0.25, -0.2) is 9.78 Å². The molecule has 1 aliphatic heterocycles. The third-order valence-corrected chi connectivity index (χ3v) is 5.32. The van der Waals surface area contributed by atoms with Gasteiger partial charge in [-0.2, -0.15) is 0 Å². The lowest BCUT2D eigenvalue weighted by Gasteiger charge is -2.14. The number of rotatable bonds is 6. The van der Waals surface area contributed by atoms with Crippen LogP contribution in [0.4, 0.5) is 5.69 Å². The van der Waals surface area contributed by atoms with Crippen molar-refractivity contribution in [3.63, 3.8) is 0 Å². The van der Waals surface area contributed by atoms with E-state index in [0.29, 0.717) is 38.3 Å². The molecule has 2 aromatic carbocycles. The van der Waals surface area contributed by atoms with Crippen molar-refractivity contribution in [2.24, 2.45) is 0 Å². The number of β-amino-alcohol motifs (C(OH)–C–C–N with tert-alkyl or cyclic N) is 1. The summed E-state index contributed by atoms with van der Waals surface area (Å²) < 4.78 is 10.6. The predicted molar refractivity (Wildman–Crippen MR) is 116 cm³/mol. The van der Waals surface area contributed by atoms with Crippen LogP contribution in [-0.4, -0.2) is 53.7 Å². The summed E-state index contributed by atoms with van der Waals surface area (Å²) in [4.78, 5) is 30.6. The molecule has 1 aromatic heterocycles. The van der Waals surface area contributed by atoms with Crippen LogP contribution >= 0.6 is 23.2 Å². The van der Waals surface area contributed by atoms with Gasteiger partial charge in [0.1, 0.15) is 11.2 Å². The van der Waals surface area contributed by atoms with Crippen LogP contribution < -0.4 is 5.32 Å². The number of halogens is 2. The van der Waals surface area contributed by atoms with Gasteiger partial charge in [0, 0.05) is 17.3 Å². The lowest BCUT2D eigenvalue weighted by molar-refractivity contribution is -0.136. The van der Waals surface area contributed by atoms with Gasteiger partial charge in [-0.1, -0.05) is 23.2 Å². The summed E-state index contributed by atoms with van der Waals surface area (Å²) in [5.74, 6) is -0.684. The van der Waals surface area contributed by atoms with Gasteiger partial charge in [-0.05, 0) is 36.4 Å². The van der Waals surface area contributed by atoms with Crippen molar-refractivity contribution >= 4 is 51.9 Å². The van der Waals surface area contributed by atoms with Gasteiger partial charge in [-0.15, -0.1) is 0 Å². The molecule has 1 amide bonds. The van der Waals surface area contributed by atoms with Crippen LogP contribution in [0.25, 0.3) is 22.6 Å². The van der Waals surface area contributed by atoms with Crippen molar-refractivity contribution in [1.29, 1.82) is 0 Å². The van der Waals surface area contributed by atoms with Gasteiger partial charge in [0.25, 0.3) is 5.91 Å². The highest BCUT2D eigenvalue weighted by Gasteiger charge is 2.34. The molecule has 0 unspecified atom stereocenters. The second-order valence-electron chi connectivity index (χ2n) is 6.75. The van der Waals surface area contributed by atoms with Crippen molar-refractivity contribution in [2.45, 2.75) is 0 Å². The van der Waals surface area contributed by atoms with E-state index in [1.165, 1.54) is 12.0 Å². The Bertz CT molecular complexity index is 1220. The van der Waals surface area contributed by atoms with Crippen LogP contribution in [0.5, 0.6) is 0 Å². The fourth-order valence-electron chi connectivity index (χ4n) is 3.28. The standard InChI is InChI=1S/C21H17Cl2N3O5/c1-30-21(29)14-10-26(6-7-27)20(28)18(14)24-12-3-5-17-16(9-12)25-19(31-17)13-4-2-11(22)8-15(13)23/h2-5,8-9,24,27H,6-7,10H2,1H3. The maximum absolute atomic E-state index is 12.7. The topological polar surface area (TPSA) is 105 Å². The third kappa shape index (κ3) is 4.10. The third-order valence-electron chi connectivity index (χ3n) is 4.77. The Hall–Kier alpha value is -3.07. The number of methoxy groups -OCH3 is 1. The number of fused-ring (bicyclic) bond motifs is 1. The highest BCUT2D eigenvalue weighted by molar-refractivity contribution is 6.36. The number of hydrogen-bond donors (Lipinski definition) is 2. The second kappa shape index (κ2) is 8.58. The summed E-state index contributed by atoms with van der Waals surface area (Å²) in [5, 5.41) is 13.1. The molecule has 3 aromatic rings. The molecule has 160 valence electrons. The first kappa shape index (κ1) is 21.2. The van der Waals surface area contributed by atoms with E-state index in [-0.39, 0.29) is 31.0 Å².